The van der Waals surface area contributed by atoms with Crippen LogP contribution in [-0.2, 0) is 6.54 Å². The van der Waals surface area contributed by atoms with Crippen LogP contribution in [-0.4, -0.2) is 11.1 Å². The molecule has 98 valence electrons. The molecule has 0 aliphatic rings. The van der Waals surface area contributed by atoms with Crippen LogP contribution in [0.2, 0.25) is 5.02 Å². The summed E-state index contributed by atoms with van der Waals surface area (Å²) >= 11 is 5.90. The van der Waals surface area contributed by atoms with Gasteiger partial charge < -0.3 is 10.4 Å². The molecule has 4 heteroatoms. The monoisotopic (exact) mass is 275 g/mol. The number of aryl methyl sites for hydroxylation is 1. The lowest BCUT2D eigenvalue weighted by Gasteiger charge is -2.11. The van der Waals surface area contributed by atoms with Crippen LogP contribution in [0.25, 0.3) is 0 Å². The number of benzene rings is 2. The zero-order chi connectivity index (χ0) is 13.8. The molecule has 0 radical (unpaired) electrons. The van der Waals surface area contributed by atoms with Crippen molar-refractivity contribution in [1.29, 1.82) is 0 Å². The number of halogens is 1. The number of carboxylic acids is 1. The second kappa shape index (κ2) is 5.76. The topological polar surface area (TPSA) is 49.3 Å². The number of hydrogen-bond donors (Lipinski definition) is 2. The van der Waals surface area contributed by atoms with Crippen LogP contribution in [0.1, 0.15) is 21.5 Å². The molecule has 0 aromatic heterocycles. The Morgan fingerprint density at radius 2 is 2.00 bits per heavy atom. The Morgan fingerprint density at radius 1 is 1.26 bits per heavy atom. The predicted molar refractivity (Wildman–Crippen MR) is 76.9 cm³/mol. The first kappa shape index (κ1) is 13.4. The van der Waals surface area contributed by atoms with E-state index in [1.807, 2.05) is 31.2 Å². The highest BCUT2D eigenvalue weighted by Gasteiger charge is 2.08. The van der Waals surface area contributed by atoms with Gasteiger partial charge in [-0.1, -0.05) is 29.8 Å². The standard InChI is InChI=1S/C15H14ClNO2/c1-10-8-12(16)7-6-11(10)9-17-14-5-3-2-4-13(14)15(18)19/h2-8,17H,9H2,1H3,(H,18,19). The van der Waals surface area contributed by atoms with Gasteiger partial charge in [0.25, 0.3) is 0 Å². The van der Waals surface area contributed by atoms with E-state index in [0.717, 1.165) is 11.1 Å². The van der Waals surface area contributed by atoms with Gasteiger partial charge in [0.2, 0.25) is 0 Å². The summed E-state index contributed by atoms with van der Waals surface area (Å²) in [4.78, 5) is 11.1. The summed E-state index contributed by atoms with van der Waals surface area (Å²) < 4.78 is 0. The van der Waals surface area contributed by atoms with Crippen molar-refractivity contribution in [1.82, 2.24) is 0 Å². The molecular weight excluding hydrogens is 262 g/mol. The molecule has 2 N–H and O–H groups in total. The molecule has 0 saturated heterocycles. The van der Waals surface area contributed by atoms with E-state index in [-0.39, 0.29) is 5.56 Å². The molecule has 0 aliphatic heterocycles. The van der Waals surface area contributed by atoms with Crippen molar-refractivity contribution in [3.05, 3.63) is 64.2 Å². The van der Waals surface area contributed by atoms with Crippen molar-refractivity contribution < 1.29 is 9.90 Å². The van der Waals surface area contributed by atoms with E-state index in [0.29, 0.717) is 17.3 Å². The van der Waals surface area contributed by atoms with Crippen molar-refractivity contribution in [2.75, 3.05) is 5.32 Å². The second-order valence-electron chi connectivity index (χ2n) is 4.28. The van der Waals surface area contributed by atoms with Crippen molar-refractivity contribution in [2.24, 2.45) is 0 Å². The molecule has 19 heavy (non-hydrogen) atoms. The van der Waals surface area contributed by atoms with E-state index in [2.05, 4.69) is 5.32 Å². The molecule has 2 aromatic rings. The van der Waals surface area contributed by atoms with Gasteiger partial charge in [0.1, 0.15) is 0 Å². The summed E-state index contributed by atoms with van der Waals surface area (Å²) in [6.07, 6.45) is 0. The maximum absolute atomic E-state index is 11.1. The molecule has 2 rings (SSSR count). The van der Waals surface area contributed by atoms with E-state index in [9.17, 15) is 4.79 Å². The minimum absolute atomic E-state index is 0.272. The number of carboxylic acid groups (broad SMARTS) is 1. The number of nitrogens with one attached hydrogen (secondary N) is 1. The lowest BCUT2D eigenvalue weighted by molar-refractivity contribution is 0.0698. The Bertz CT molecular complexity index is 611. The Morgan fingerprint density at radius 3 is 2.68 bits per heavy atom. The summed E-state index contributed by atoms with van der Waals surface area (Å²) in [7, 11) is 0. The molecule has 3 nitrogen and oxygen atoms in total. The number of anilines is 1. The normalized spacial score (nSPS) is 10.2. The smallest absolute Gasteiger partial charge is 0.337 e. The zero-order valence-corrected chi connectivity index (χ0v) is 11.2. The molecular formula is C15H14ClNO2. The van der Waals surface area contributed by atoms with Gasteiger partial charge in [-0.15, -0.1) is 0 Å². The molecule has 0 spiro atoms. The first-order valence-electron chi connectivity index (χ1n) is 5.89. The highest BCUT2D eigenvalue weighted by molar-refractivity contribution is 6.30. The van der Waals surface area contributed by atoms with Crippen molar-refractivity contribution in [3.8, 4) is 0 Å². The summed E-state index contributed by atoms with van der Waals surface area (Å²) in [6, 6.07) is 12.5. The fourth-order valence-electron chi connectivity index (χ4n) is 1.87. The molecule has 0 unspecified atom stereocenters. The van der Waals surface area contributed by atoms with Gasteiger partial charge in [0.15, 0.2) is 0 Å². The Balaban J connectivity index is 2.17. The SMILES string of the molecule is Cc1cc(Cl)ccc1CNc1ccccc1C(=O)O. The lowest BCUT2D eigenvalue weighted by atomic mass is 10.1. The molecule has 0 bridgehead atoms. The van der Waals surface area contributed by atoms with Crippen molar-refractivity contribution in [2.45, 2.75) is 13.5 Å². The van der Waals surface area contributed by atoms with Gasteiger partial charge in [-0.2, -0.15) is 0 Å². The average Bonchev–Trinajstić information content (AvgIpc) is 2.38. The summed E-state index contributed by atoms with van der Waals surface area (Å²) in [6.45, 7) is 2.54. The first-order valence-corrected chi connectivity index (χ1v) is 6.27. The zero-order valence-electron chi connectivity index (χ0n) is 10.5. The number of para-hydroxylation sites is 1. The van der Waals surface area contributed by atoms with E-state index in [4.69, 9.17) is 16.7 Å². The third-order valence-electron chi connectivity index (χ3n) is 2.93. The molecule has 0 heterocycles. The highest BCUT2D eigenvalue weighted by atomic mass is 35.5. The first-order chi connectivity index (χ1) is 9.08. The molecule has 0 atom stereocenters. The van der Waals surface area contributed by atoms with Crippen LogP contribution in [0.15, 0.2) is 42.5 Å². The van der Waals surface area contributed by atoms with Gasteiger partial charge in [-0.05, 0) is 42.3 Å². The summed E-state index contributed by atoms with van der Waals surface area (Å²) in [5.41, 5.74) is 3.05. The minimum Gasteiger partial charge on any atom is -0.478 e. The summed E-state index contributed by atoms with van der Waals surface area (Å²) in [5, 5.41) is 12.9. The Hall–Kier alpha value is -2.00. The number of hydrogen-bond acceptors (Lipinski definition) is 2. The molecule has 0 fully saturated rings. The van der Waals surface area contributed by atoms with Gasteiger partial charge >= 0.3 is 5.97 Å². The number of aromatic carboxylic acids is 1. The largest absolute Gasteiger partial charge is 0.478 e. The van der Waals surface area contributed by atoms with E-state index >= 15 is 0 Å². The minimum atomic E-state index is -0.934. The maximum atomic E-state index is 11.1. The average molecular weight is 276 g/mol. The van der Waals surface area contributed by atoms with E-state index in [1.54, 1.807) is 18.2 Å². The van der Waals surface area contributed by atoms with Gasteiger partial charge in [0.05, 0.1) is 5.56 Å². The molecule has 0 amide bonds. The van der Waals surface area contributed by atoms with Crippen LogP contribution < -0.4 is 5.32 Å². The third-order valence-corrected chi connectivity index (χ3v) is 3.17. The molecule has 0 saturated carbocycles. The van der Waals surface area contributed by atoms with Gasteiger partial charge in [-0.25, -0.2) is 4.79 Å². The van der Waals surface area contributed by atoms with Gasteiger partial charge in [0, 0.05) is 17.3 Å². The molecule has 2 aromatic carbocycles. The fourth-order valence-corrected chi connectivity index (χ4v) is 2.10. The third kappa shape index (κ3) is 3.26. The quantitative estimate of drug-likeness (QED) is 0.888. The predicted octanol–water partition coefficient (Wildman–Crippen LogP) is 3.96. The van der Waals surface area contributed by atoms with Crippen LogP contribution in [0.3, 0.4) is 0 Å². The Labute approximate surface area is 116 Å². The second-order valence-corrected chi connectivity index (χ2v) is 4.71. The maximum Gasteiger partial charge on any atom is 0.337 e. The number of rotatable bonds is 4. The van der Waals surface area contributed by atoms with E-state index < -0.39 is 5.97 Å². The van der Waals surface area contributed by atoms with Crippen LogP contribution in [0, 0.1) is 6.92 Å². The van der Waals surface area contributed by atoms with Crippen molar-refractivity contribution in [3.63, 3.8) is 0 Å². The van der Waals surface area contributed by atoms with Crippen LogP contribution in [0.4, 0.5) is 5.69 Å². The van der Waals surface area contributed by atoms with Crippen LogP contribution >= 0.6 is 11.6 Å². The van der Waals surface area contributed by atoms with E-state index in [1.165, 1.54) is 0 Å². The summed E-state index contributed by atoms with van der Waals surface area (Å²) in [5.74, 6) is -0.934. The Kier molecular flexibility index (Phi) is 4.07. The lowest BCUT2D eigenvalue weighted by Crippen LogP contribution is -2.06. The van der Waals surface area contributed by atoms with Crippen LogP contribution in [0.5, 0.6) is 0 Å². The molecule has 0 aliphatic carbocycles. The van der Waals surface area contributed by atoms with Gasteiger partial charge in [-0.3, -0.25) is 0 Å². The van der Waals surface area contributed by atoms with Crippen molar-refractivity contribution >= 4 is 23.3 Å². The number of carbonyl (C=O) groups is 1. The fraction of sp³-hybridized carbons (Fsp3) is 0.133. The highest BCUT2D eigenvalue weighted by Crippen LogP contribution is 2.19.